The van der Waals surface area contributed by atoms with Gasteiger partial charge in [0.25, 0.3) is 11.8 Å². The van der Waals surface area contributed by atoms with Crippen LogP contribution in [-0.2, 0) is 16.0 Å². The number of nitrogens with one attached hydrogen (secondary N) is 2. The molecule has 4 rings (SSSR count). The summed E-state index contributed by atoms with van der Waals surface area (Å²) < 4.78 is 0. The topological polar surface area (TPSA) is 97.9 Å². The zero-order valence-electron chi connectivity index (χ0n) is 18.2. The number of carbonyl (C=O) groups excluding carboxylic acids is 3. The Labute approximate surface area is 187 Å². The molecule has 2 N–H and O–H groups in total. The standard InChI is InChI=1S/C23H28N6O3/c1-23(11-10-18-7-3-2-4-8-18)21(31)29(22(32)25-23)26-20(30)17-27-13-15-28(16-14-27)19-9-5-6-12-24-19/h2-9,12H,10-11,13-17H2,1H3,(H,25,32)(H,26,30)/t23-/m1/s1. The van der Waals surface area contributed by atoms with E-state index in [1.165, 1.54) is 0 Å². The van der Waals surface area contributed by atoms with Crippen LogP contribution in [-0.4, -0.2) is 71.0 Å². The highest BCUT2D eigenvalue weighted by atomic mass is 16.2. The van der Waals surface area contributed by atoms with Gasteiger partial charge in [0, 0.05) is 32.4 Å². The average Bonchev–Trinajstić information content (AvgIpc) is 3.03. The number of amides is 4. The summed E-state index contributed by atoms with van der Waals surface area (Å²) in [6, 6.07) is 15.0. The van der Waals surface area contributed by atoms with E-state index in [4.69, 9.17) is 0 Å². The summed E-state index contributed by atoms with van der Waals surface area (Å²) in [5.41, 5.74) is 2.53. The van der Waals surface area contributed by atoms with Gasteiger partial charge in [-0.2, -0.15) is 5.01 Å². The van der Waals surface area contributed by atoms with Gasteiger partial charge in [-0.3, -0.25) is 19.9 Å². The van der Waals surface area contributed by atoms with Crippen molar-refractivity contribution in [2.24, 2.45) is 0 Å². The molecule has 9 heteroatoms. The third-order valence-electron chi connectivity index (χ3n) is 5.97. The normalized spacial score (nSPS) is 21.5. The summed E-state index contributed by atoms with van der Waals surface area (Å²) in [4.78, 5) is 46.4. The van der Waals surface area contributed by atoms with Crippen molar-refractivity contribution in [1.82, 2.24) is 25.6 Å². The number of nitrogens with zero attached hydrogens (tertiary/aromatic N) is 4. The molecule has 0 aliphatic carbocycles. The van der Waals surface area contributed by atoms with E-state index in [1.54, 1.807) is 13.1 Å². The molecule has 9 nitrogen and oxygen atoms in total. The van der Waals surface area contributed by atoms with Gasteiger partial charge in [0.1, 0.15) is 11.4 Å². The maximum absolute atomic E-state index is 12.9. The van der Waals surface area contributed by atoms with Crippen LogP contribution < -0.4 is 15.6 Å². The summed E-state index contributed by atoms with van der Waals surface area (Å²) in [6.07, 6.45) is 2.86. The number of hydrazine groups is 1. The summed E-state index contributed by atoms with van der Waals surface area (Å²) in [6.45, 7) is 4.71. The Balaban J connectivity index is 1.27. The molecule has 2 fully saturated rings. The molecule has 0 bridgehead atoms. The number of aryl methyl sites for hydroxylation is 1. The highest BCUT2D eigenvalue weighted by Crippen LogP contribution is 2.22. The number of piperazine rings is 1. The molecule has 0 spiro atoms. The van der Waals surface area contributed by atoms with Crippen molar-refractivity contribution < 1.29 is 14.4 Å². The highest BCUT2D eigenvalue weighted by Gasteiger charge is 2.48. The molecular formula is C23H28N6O3. The van der Waals surface area contributed by atoms with Gasteiger partial charge in [-0.05, 0) is 37.5 Å². The quantitative estimate of drug-likeness (QED) is 0.633. The lowest BCUT2D eigenvalue weighted by atomic mass is 9.93. The van der Waals surface area contributed by atoms with Gasteiger partial charge in [0.15, 0.2) is 0 Å². The van der Waals surface area contributed by atoms with E-state index in [0.29, 0.717) is 25.9 Å². The molecule has 168 valence electrons. The van der Waals surface area contributed by atoms with Crippen molar-refractivity contribution in [2.75, 3.05) is 37.6 Å². The fraction of sp³-hybridized carbons (Fsp3) is 0.391. The minimum Gasteiger partial charge on any atom is -0.354 e. The number of aromatic nitrogens is 1. The van der Waals surface area contributed by atoms with Crippen LogP contribution in [0.2, 0.25) is 0 Å². The van der Waals surface area contributed by atoms with Crippen LogP contribution in [0.15, 0.2) is 54.7 Å². The maximum Gasteiger partial charge on any atom is 0.344 e. The number of rotatable bonds is 7. The average molecular weight is 437 g/mol. The van der Waals surface area contributed by atoms with E-state index in [0.717, 1.165) is 29.5 Å². The second-order valence-corrected chi connectivity index (χ2v) is 8.37. The number of benzene rings is 1. The first-order chi connectivity index (χ1) is 15.4. The van der Waals surface area contributed by atoms with Crippen molar-refractivity contribution in [3.63, 3.8) is 0 Å². The summed E-state index contributed by atoms with van der Waals surface area (Å²) in [5, 5.41) is 3.55. The van der Waals surface area contributed by atoms with Gasteiger partial charge in [0.2, 0.25) is 0 Å². The van der Waals surface area contributed by atoms with Gasteiger partial charge in [-0.25, -0.2) is 9.78 Å². The van der Waals surface area contributed by atoms with Crippen LogP contribution in [0.1, 0.15) is 18.9 Å². The molecule has 2 aromatic rings. The Morgan fingerprint density at radius 2 is 1.78 bits per heavy atom. The summed E-state index contributed by atoms with van der Waals surface area (Å²) in [7, 11) is 0. The van der Waals surface area contributed by atoms with Crippen molar-refractivity contribution in [3.05, 3.63) is 60.3 Å². The van der Waals surface area contributed by atoms with E-state index >= 15 is 0 Å². The number of hydrogen-bond acceptors (Lipinski definition) is 6. The molecule has 4 amide bonds. The van der Waals surface area contributed by atoms with Gasteiger partial charge in [-0.1, -0.05) is 36.4 Å². The van der Waals surface area contributed by atoms with E-state index in [-0.39, 0.29) is 12.5 Å². The van der Waals surface area contributed by atoms with Crippen LogP contribution in [0, 0.1) is 0 Å². The summed E-state index contributed by atoms with van der Waals surface area (Å²) >= 11 is 0. The number of urea groups is 1. The Kier molecular flexibility index (Phi) is 6.36. The van der Waals surface area contributed by atoms with Crippen LogP contribution in [0.3, 0.4) is 0 Å². The maximum atomic E-state index is 12.9. The molecule has 1 aromatic heterocycles. The first kappa shape index (κ1) is 21.8. The van der Waals surface area contributed by atoms with Gasteiger partial charge < -0.3 is 10.2 Å². The molecule has 0 unspecified atom stereocenters. The zero-order chi connectivity index (χ0) is 22.6. The predicted molar refractivity (Wildman–Crippen MR) is 120 cm³/mol. The number of imide groups is 1. The monoisotopic (exact) mass is 436 g/mol. The predicted octanol–water partition coefficient (Wildman–Crippen LogP) is 1.18. The Morgan fingerprint density at radius 3 is 2.47 bits per heavy atom. The largest absolute Gasteiger partial charge is 0.354 e. The Morgan fingerprint density at radius 1 is 1.06 bits per heavy atom. The lowest BCUT2D eigenvalue weighted by Crippen LogP contribution is -2.54. The molecule has 32 heavy (non-hydrogen) atoms. The van der Waals surface area contributed by atoms with Crippen LogP contribution in [0.5, 0.6) is 0 Å². The number of hydrogen-bond donors (Lipinski definition) is 2. The second kappa shape index (κ2) is 9.35. The zero-order valence-corrected chi connectivity index (χ0v) is 18.2. The molecule has 1 aromatic carbocycles. The minimum absolute atomic E-state index is 0.119. The van der Waals surface area contributed by atoms with Gasteiger partial charge in [0.05, 0.1) is 6.54 Å². The fourth-order valence-corrected chi connectivity index (χ4v) is 4.03. The molecule has 2 aliphatic rings. The number of carbonyl (C=O) groups is 3. The molecule has 0 saturated carbocycles. The van der Waals surface area contributed by atoms with Crippen molar-refractivity contribution in [3.8, 4) is 0 Å². The van der Waals surface area contributed by atoms with Crippen molar-refractivity contribution >= 4 is 23.7 Å². The Bertz CT molecular complexity index is 962. The third-order valence-corrected chi connectivity index (χ3v) is 5.97. The second-order valence-electron chi connectivity index (χ2n) is 8.37. The third kappa shape index (κ3) is 4.88. The van der Waals surface area contributed by atoms with E-state index in [9.17, 15) is 14.4 Å². The van der Waals surface area contributed by atoms with Crippen LogP contribution in [0.4, 0.5) is 10.6 Å². The smallest absolute Gasteiger partial charge is 0.344 e. The molecule has 1 atom stereocenters. The van der Waals surface area contributed by atoms with Crippen molar-refractivity contribution in [2.45, 2.75) is 25.3 Å². The first-order valence-electron chi connectivity index (χ1n) is 10.8. The first-order valence-corrected chi connectivity index (χ1v) is 10.8. The molecule has 2 aliphatic heterocycles. The van der Waals surface area contributed by atoms with Crippen LogP contribution in [0.25, 0.3) is 0 Å². The molecular weight excluding hydrogens is 408 g/mol. The SMILES string of the molecule is C[C@]1(CCc2ccccc2)NC(=O)N(NC(=O)CN2CCN(c3ccccn3)CC2)C1=O. The lowest BCUT2D eigenvalue weighted by molar-refractivity contribution is -0.139. The Hall–Kier alpha value is -3.46. The minimum atomic E-state index is -1.05. The molecule has 0 radical (unpaired) electrons. The van der Waals surface area contributed by atoms with Crippen LogP contribution >= 0.6 is 0 Å². The van der Waals surface area contributed by atoms with Crippen molar-refractivity contribution in [1.29, 1.82) is 0 Å². The fourth-order valence-electron chi connectivity index (χ4n) is 4.03. The summed E-state index contributed by atoms with van der Waals surface area (Å²) in [5.74, 6) is 0.101. The van der Waals surface area contributed by atoms with E-state index in [2.05, 4.69) is 20.6 Å². The number of pyridine rings is 1. The molecule has 3 heterocycles. The number of anilines is 1. The molecule has 2 saturated heterocycles. The van der Waals surface area contributed by atoms with Gasteiger partial charge >= 0.3 is 6.03 Å². The van der Waals surface area contributed by atoms with E-state index < -0.39 is 17.5 Å². The highest BCUT2D eigenvalue weighted by molar-refractivity contribution is 6.07. The van der Waals surface area contributed by atoms with Gasteiger partial charge in [-0.15, -0.1) is 0 Å². The lowest BCUT2D eigenvalue weighted by Gasteiger charge is -2.35. The van der Waals surface area contributed by atoms with E-state index in [1.807, 2.05) is 53.4 Å².